The van der Waals surface area contributed by atoms with Gasteiger partial charge in [0.05, 0.1) is 31.7 Å². The molecule has 3 aliphatic heterocycles. The molecule has 133 heavy (non-hydrogen) atoms. The highest BCUT2D eigenvalue weighted by molar-refractivity contribution is 8.00. The fourth-order valence-electron chi connectivity index (χ4n) is 16.1. The Kier molecular flexibility index (Phi) is 39.2. The van der Waals surface area contributed by atoms with E-state index in [2.05, 4.69) is 78.8 Å². The molecule has 3 aromatic heterocycles. The van der Waals surface area contributed by atoms with Gasteiger partial charge in [0, 0.05) is 112 Å². The number of phenolic OH excluding ortho intramolecular Hbond substituents is 1. The molecule has 0 saturated carbocycles. The van der Waals surface area contributed by atoms with E-state index in [4.69, 9.17) is 22.6 Å². The quantitative estimate of drug-likeness (QED) is 0.0189. The lowest BCUT2D eigenvalue weighted by Crippen LogP contribution is -2.61. The van der Waals surface area contributed by atoms with Crippen LogP contribution in [0.5, 0.6) is 5.75 Å². The second-order valence-corrected chi connectivity index (χ2v) is 35.8. The summed E-state index contributed by atoms with van der Waals surface area (Å²) in [6.07, 6.45) is 4.56. The van der Waals surface area contributed by atoms with Gasteiger partial charge < -0.3 is 121 Å². The van der Waals surface area contributed by atoms with Crippen LogP contribution in [0.3, 0.4) is 0 Å². The number of carbonyl (C=O) groups excluding carboxylic acids is 17. The van der Waals surface area contributed by atoms with Crippen LogP contribution in [0, 0.1) is 11.3 Å². The number of nitrogens with one attached hydrogen (secondary N) is 15. The third-order valence-electron chi connectivity index (χ3n) is 23.4. The zero-order valence-corrected chi connectivity index (χ0v) is 77.0. The van der Waals surface area contributed by atoms with Crippen molar-refractivity contribution in [2.75, 3.05) is 64.9 Å². The van der Waals surface area contributed by atoms with Crippen molar-refractivity contribution in [3.8, 4) is 5.75 Å². The highest BCUT2D eigenvalue weighted by Gasteiger charge is 2.45. The van der Waals surface area contributed by atoms with Crippen molar-refractivity contribution in [2.24, 2.45) is 23.1 Å². The fourth-order valence-corrected chi connectivity index (χ4v) is 18.0. The van der Waals surface area contributed by atoms with Gasteiger partial charge in [0.1, 0.15) is 84.3 Å². The van der Waals surface area contributed by atoms with E-state index in [-0.39, 0.29) is 134 Å². The minimum atomic E-state index is -1.76. The second kappa shape index (κ2) is 50.4. The van der Waals surface area contributed by atoms with Crippen LogP contribution in [0.4, 0.5) is 0 Å². The molecule has 0 unspecified atom stereocenters. The molecule has 3 aromatic carbocycles. The number of aromatic amines is 2. The van der Waals surface area contributed by atoms with Gasteiger partial charge in [-0.3, -0.25) is 86.9 Å². The molecular formula is C89H123N23O19S2. The number of hydrogen-bond acceptors (Lipinski definition) is 23. The Morgan fingerprint density at radius 1 is 0.579 bits per heavy atom. The maximum atomic E-state index is 15.6. The number of phenols is 1. The topological polar surface area (TPSA) is 634 Å². The number of aliphatic hydroxyl groups is 1. The van der Waals surface area contributed by atoms with E-state index in [9.17, 15) is 82.1 Å². The number of rotatable bonds is 23. The number of fused-ring (bicyclic) bond motifs is 4. The Bertz CT molecular complexity index is 5130. The van der Waals surface area contributed by atoms with E-state index in [1.807, 2.05) is 56.5 Å². The van der Waals surface area contributed by atoms with Crippen LogP contribution in [-0.2, 0) is 107 Å². The van der Waals surface area contributed by atoms with Crippen LogP contribution in [-0.4, -0.2) is 295 Å². The number of amides is 17. The predicted molar refractivity (Wildman–Crippen MR) is 493 cm³/mol. The van der Waals surface area contributed by atoms with Gasteiger partial charge in [-0.1, -0.05) is 82.1 Å². The number of nitrogens with zero attached hydrogens (tertiary/aromatic N) is 5. The summed E-state index contributed by atoms with van der Waals surface area (Å²) in [7, 11) is 2.61. The van der Waals surface area contributed by atoms with Crippen LogP contribution in [0.25, 0.3) is 21.0 Å². The summed E-state index contributed by atoms with van der Waals surface area (Å²) in [4.78, 5) is 261. The van der Waals surface area contributed by atoms with Crippen molar-refractivity contribution in [3.05, 3.63) is 119 Å². The van der Waals surface area contributed by atoms with Crippen molar-refractivity contribution in [2.45, 2.75) is 222 Å². The molecule has 720 valence electrons. The zero-order chi connectivity index (χ0) is 96.7. The lowest BCUT2D eigenvalue weighted by atomic mass is 10.0. The number of imidazole rings is 1. The molecule has 6 heterocycles. The van der Waals surface area contributed by atoms with Crippen molar-refractivity contribution in [3.63, 3.8) is 0 Å². The van der Waals surface area contributed by atoms with Gasteiger partial charge in [0.25, 0.3) is 0 Å². The van der Waals surface area contributed by atoms with Gasteiger partial charge in [-0.05, 0) is 129 Å². The number of aliphatic hydroxyl groups excluding tert-OH is 1. The number of nitrogens with two attached hydrogens (primary N) is 3. The van der Waals surface area contributed by atoms with E-state index in [1.165, 1.54) is 78.9 Å². The standard InChI is InChI=1S/C89H123N23O19S2/c1-7-8-22-70-88(131)112-34-17-24-69(112)83(126)102-59(21-15-32-96-89(92)93)79(122)108-67(78(121)98-43-73(91)116)46-132-47-75(118)101-63(36-51-27-29-55(114)30-28-51)85(128)109(5)50(4)76(119)105-65(40-72(90)115)87(130)111-33-16-23-68(111)84(127)104-62(39-54-42-94-48-99-54)81(124)103-60(35-49(2)3)77(120)95-31-14-13-26-74(117)100-61(37-52-41-97-58-20-11-9-18-56(52)58)80(123)107-66(44-113)82(125)106-64(86(129)110(70)6)38-53-45-133-71-25-12-10-19-57(53)71/h9-12,18-20,25,27-30,41-42,45,48-50,59-70,97,113-114H,7-8,13-17,21-24,26,31-40,43-44,46-47H2,1-6H3,(H2,90,115)(H2,91,116)(H,94,99)(H,95,120)(H,98,121)(H,100,117)(H,101,118)(H,102,126)(H,103,124)(H,104,127)(H,105,119)(H,106,125)(H,107,123)(H,108,122)(H4,92,93,96)/t50-,59-,60-,61-,62-,63-,64-,65-,66-,67-,68-,69+,70-/m0/s1. The number of guanidine groups is 1. The maximum Gasteiger partial charge on any atom is 0.246 e. The molecular weight excluding hydrogens is 1760 g/mol. The van der Waals surface area contributed by atoms with Gasteiger partial charge in [-0.15, -0.1) is 23.1 Å². The second-order valence-electron chi connectivity index (χ2n) is 33.9. The molecule has 0 radical (unpaired) electrons. The third kappa shape index (κ3) is 30.1. The van der Waals surface area contributed by atoms with Crippen molar-refractivity contribution in [1.29, 1.82) is 5.41 Å². The molecule has 0 bridgehead atoms. The number of likely N-dealkylation sites (N-methyl/N-ethyl adjacent to an activating group) is 2. The highest BCUT2D eigenvalue weighted by Crippen LogP contribution is 2.30. The predicted octanol–water partition coefficient (Wildman–Crippen LogP) is -1.90. The number of benzene rings is 3. The number of thiophene rings is 1. The summed E-state index contributed by atoms with van der Waals surface area (Å²) in [6.45, 7) is 4.99. The van der Waals surface area contributed by atoms with Crippen molar-refractivity contribution >= 4 is 150 Å². The Morgan fingerprint density at radius 2 is 1.17 bits per heavy atom. The van der Waals surface area contributed by atoms with Crippen LogP contribution in [0.2, 0.25) is 0 Å². The van der Waals surface area contributed by atoms with Crippen molar-refractivity contribution in [1.82, 2.24) is 98.4 Å². The third-order valence-corrected chi connectivity index (χ3v) is 25.4. The Balaban J connectivity index is 1.03. The molecule has 17 amide bonds. The zero-order valence-electron chi connectivity index (χ0n) is 75.3. The number of unbranched alkanes of at least 4 members (excludes halogenated alkanes) is 1. The number of hydrogen-bond donors (Lipinski definition) is 20. The molecule has 3 saturated heterocycles. The summed E-state index contributed by atoms with van der Waals surface area (Å²) >= 11 is 2.14. The van der Waals surface area contributed by atoms with E-state index in [0.717, 1.165) is 31.6 Å². The minimum Gasteiger partial charge on any atom is -0.508 e. The Labute approximate surface area is 776 Å². The monoisotopic (exact) mass is 1880 g/mol. The number of thioether (sulfide) groups is 1. The van der Waals surface area contributed by atoms with E-state index in [0.29, 0.717) is 46.1 Å². The highest BCUT2D eigenvalue weighted by atomic mass is 32.2. The first kappa shape index (κ1) is 103. The lowest BCUT2D eigenvalue weighted by molar-refractivity contribution is -0.149. The first-order chi connectivity index (χ1) is 63.5. The molecule has 42 nitrogen and oxygen atoms in total. The summed E-state index contributed by atoms with van der Waals surface area (Å²) < 4.78 is 0.844. The van der Waals surface area contributed by atoms with Crippen LogP contribution < -0.4 is 81.0 Å². The average molecular weight is 1880 g/mol. The first-order valence-corrected chi connectivity index (χ1v) is 46.6. The SMILES string of the molecule is CCCC[C@H]1C(=O)N2CCC[C@@H]2C(=O)N[C@@H](CCCNC(=N)N)C(=O)N[C@H](C(=O)NCC(N)=O)CSCC(=O)N[C@@H](Cc2ccc(O)cc2)C(=O)N(C)[C@@H](C)C(=O)N[C@@H](CC(N)=O)C(=O)N2CCC[C@H]2C(=O)N[C@@H](Cc2cnc[nH]2)C(=O)N[C@@H](CC(C)C)C(=O)NCCCCC(=O)N[C@@H](Cc2c[nH]c3ccccc23)C(=O)N[C@@H](CO)C(=O)N[C@@H](Cc2csc3ccccc23)C(=O)N1C. The smallest absolute Gasteiger partial charge is 0.246 e. The molecule has 9 rings (SSSR count). The number of primary amides is 2. The van der Waals surface area contributed by atoms with Gasteiger partial charge in [0.2, 0.25) is 100 Å². The van der Waals surface area contributed by atoms with Crippen LogP contribution in [0.1, 0.15) is 140 Å². The number of aromatic hydroxyl groups is 1. The van der Waals surface area contributed by atoms with Crippen molar-refractivity contribution < 1.29 is 91.7 Å². The van der Waals surface area contributed by atoms with Crippen LogP contribution in [0.15, 0.2) is 96.9 Å². The Morgan fingerprint density at radius 3 is 1.83 bits per heavy atom. The van der Waals surface area contributed by atoms with E-state index < -0.39 is 216 Å². The molecule has 3 aliphatic rings. The van der Waals surface area contributed by atoms with Crippen LogP contribution >= 0.6 is 23.1 Å². The number of para-hydroxylation sites is 1. The largest absolute Gasteiger partial charge is 0.508 e. The van der Waals surface area contributed by atoms with Gasteiger partial charge in [-0.25, -0.2) is 4.98 Å². The molecule has 3 fully saturated rings. The summed E-state index contributed by atoms with van der Waals surface area (Å²) in [5.74, 6) is -16.4. The lowest BCUT2D eigenvalue weighted by Gasteiger charge is -2.35. The Hall–Kier alpha value is -13.3. The number of aromatic nitrogens is 3. The molecule has 0 aliphatic carbocycles. The van der Waals surface area contributed by atoms with Gasteiger partial charge >= 0.3 is 0 Å². The molecule has 44 heteroatoms. The summed E-state index contributed by atoms with van der Waals surface area (Å²) in [6, 6.07) is 1.15. The first-order valence-electron chi connectivity index (χ1n) is 44.5. The number of carbonyl (C=O) groups is 17. The normalized spacial score (nSPS) is 24.0. The maximum absolute atomic E-state index is 15.6. The van der Waals surface area contributed by atoms with Gasteiger partial charge in [-0.2, -0.15) is 0 Å². The molecule has 0 spiro atoms. The van der Waals surface area contributed by atoms with E-state index >= 15 is 9.59 Å². The molecule has 23 N–H and O–H groups in total. The van der Waals surface area contributed by atoms with Gasteiger partial charge in [0.15, 0.2) is 5.96 Å². The summed E-state index contributed by atoms with van der Waals surface area (Å²) in [5, 5.41) is 64.4. The number of H-pyrrole nitrogens is 2. The molecule has 6 aromatic rings. The summed E-state index contributed by atoms with van der Waals surface area (Å²) in [5.41, 5.74) is 19.5. The fraction of sp³-hybridized carbons (Fsp3) is 0.517. The van der Waals surface area contributed by atoms with E-state index in [1.54, 1.807) is 24.4 Å². The minimum absolute atomic E-state index is 0.00278. The molecule has 13 atom stereocenters. The average Bonchev–Trinajstić information content (AvgIpc) is 1.72.